The largest absolute Gasteiger partial charge is 0.480 e. The second-order valence-electron chi connectivity index (χ2n) is 6.96. The summed E-state index contributed by atoms with van der Waals surface area (Å²) in [7, 11) is 0. The van der Waals surface area contributed by atoms with E-state index in [4.69, 9.17) is 0 Å². The number of aliphatic carboxylic acids is 1. The van der Waals surface area contributed by atoms with Crippen LogP contribution < -0.4 is 5.32 Å². The highest BCUT2D eigenvalue weighted by atomic mass is 16.4. The molecule has 1 aromatic rings. The van der Waals surface area contributed by atoms with E-state index in [1.165, 1.54) is 6.42 Å². The van der Waals surface area contributed by atoms with Crippen molar-refractivity contribution in [3.8, 4) is 0 Å². The molecule has 0 bridgehead atoms. The lowest BCUT2D eigenvalue weighted by Gasteiger charge is -2.31. The van der Waals surface area contributed by atoms with Crippen molar-refractivity contribution in [2.75, 3.05) is 0 Å². The first-order valence-corrected chi connectivity index (χ1v) is 8.54. The van der Waals surface area contributed by atoms with Crippen molar-refractivity contribution in [2.45, 2.75) is 52.0 Å². The minimum atomic E-state index is -0.974. The number of nitrogens with one attached hydrogen (secondary N) is 1. The second-order valence-corrected chi connectivity index (χ2v) is 6.96. The van der Waals surface area contributed by atoms with Crippen molar-refractivity contribution >= 4 is 11.9 Å². The van der Waals surface area contributed by atoms with Crippen LogP contribution in [0.25, 0.3) is 0 Å². The minimum absolute atomic E-state index is 0.0474. The van der Waals surface area contributed by atoms with E-state index >= 15 is 0 Å². The van der Waals surface area contributed by atoms with Gasteiger partial charge in [-0.15, -0.1) is 0 Å². The third kappa shape index (κ3) is 5.08. The molecule has 2 rings (SSSR count). The molecule has 0 spiro atoms. The van der Waals surface area contributed by atoms with Crippen LogP contribution >= 0.6 is 0 Å². The van der Waals surface area contributed by atoms with Crippen LogP contribution in [-0.4, -0.2) is 23.0 Å². The second kappa shape index (κ2) is 8.14. The molecule has 1 saturated carbocycles. The average molecular weight is 317 g/mol. The molecule has 126 valence electrons. The first kappa shape index (κ1) is 17.5. The van der Waals surface area contributed by atoms with Crippen LogP contribution in [0, 0.1) is 17.8 Å². The van der Waals surface area contributed by atoms with Crippen LogP contribution in [0.1, 0.15) is 45.1 Å². The van der Waals surface area contributed by atoms with Gasteiger partial charge in [0.15, 0.2) is 0 Å². The van der Waals surface area contributed by atoms with Crippen molar-refractivity contribution in [2.24, 2.45) is 17.8 Å². The Labute approximate surface area is 138 Å². The summed E-state index contributed by atoms with van der Waals surface area (Å²) >= 11 is 0. The molecule has 1 amide bonds. The van der Waals surface area contributed by atoms with Crippen LogP contribution in [0.2, 0.25) is 0 Å². The van der Waals surface area contributed by atoms with Gasteiger partial charge in [-0.1, -0.05) is 57.0 Å². The number of carboxylic acids is 1. The van der Waals surface area contributed by atoms with Crippen LogP contribution in [-0.2, 0) is 16.0 Å². The Morgan fingerprint density at radius 2 is 1.91 bits per heavy atom. The van der Waals surface area contributed by atoms with E-state index < -0.39 is 12.0 Å². The lowest BCUT2D eigenvalue weighted by Crippen LogP contribution is -2.46. The standard InChI is InChI=1S/C19H27NO3/c1-13(2)15-9-6-10-16(12-15)18(21)20-17(19(22)23)11-14-7-4-3-5-8-14/h3-5,7-8,13,15-17H,6,9-12H2,1-2H3,(H,20,21)(H,22,23)/t15-,16-,17+/m0/s1. The van der Waals surface area contributed by atoms with E-state index in [9.17, 15) is 14.7 Å². The van der Waals surface area contributed by atoms with Gasteiger partial charge >= 0.3 is 5.97 Å². The molecule has 1 aromatic carbocycles. The van der Waals surface area contributed by atoms with Gasteiger partial charge in [0.25, 0.3) is 0 Å². The highest BCUT2D eigenvalue weighted by Crippen LogP contribution is 2.33. The average Bonchev–Trinajstić information content (AvgIpc) is 2.55. The van der Waals surface area contributed by atoms with Gasteiger partial charge in [-0.05, 0) is 30.2 Å². The molecule has 0 aliphatic heterocycles. The fraction of sp³-hybridized carbons (Fsp3) is 0.579. The molecule has 0 radical (unpaired) electrons. The zero-order valence-corrected chi connectivity index (χ0v) is 14.0. The number of carboxylic acid groups (broad SMARTS) is 1. The van der Waals surface area contributed by atoms with E-state index in [1.54, 1.807) is 0 Å². The van der Waals surface area contributed by atoms with E-state index in [-0.39, 0.29) is 11.8 Å². The summed E-state index contributed by atoms with van der Waals surface area (Å²) < 4.78 is 0. The number of rotatable bonds is 6. The molecule has 1 fully saturated rings. The smallest absolute Gasteiger partial charge is 0.326 e. The first-order chi connectivity index (χ1) is 11.0. The van der Waals surface area contributed by atoms with E-state index in [1.807, 2.05) is 30.3 Å². The Morgan fingerprint density at radius 3 is 2.52 bits per heavy atom. The maximum absolute atomic E-state index is 12.5. The molecular formula is C19H27NO3. The summed E-state index contributed by atoms with van der Waals surface area (Å²) in [6.07, 6.45) is 4.29. The van der Waals surface area contributed by atoms with Gasteiger partial charge in [0.1, 0.15) is 6.04 Å². The van der Waals surface area contributed by atoms with Gasteiger partial charge in [0.05, 0.1) is 0 Å². The normalized spacial score (nSPS) is 22.6. The lowest BCUT2D eigenvalue weighted by atomic mass is 9.76. The third-order valence-electron chi connectivity index (χ3n) is 4.93. The van der Waals surface area contributed by atoms with Crippen molar-refractivity contribution in [1.82, 2.24) is 5.32 Å². The molecule has 0 aromatic heterocycles. The van der Waals surface area contributed by atoms with Crippen molar-refractivity contribution in [3.05, 3.63) is 35.9 Å². The first-order valence-electron chi connectivity index (χ1n) is 8.54. The Bertz CT molecular complexity index is 527. The molecular weight excluding hydrogens is 290 g/mol. The number of carbonyl (C=O) groups is 2. The Hall–Kier alpha value is -1.84. The Balaban J connectivity index is 1.96. The molecule has 1 aliphatic rings. The molecule has 23 heavy (non-hydrogen) atoms. The van der Waals surface area contributed by atoms with Gasteiger partial charge in [-0.25, -0.2) is 4.79 Å². The van der Waals surface area contributed by atoms with Gasteiger partial charge < -0.3 is 10.4 Å². The number of amides is 1. The van der Waals surface area contributed by atoms with E-state index in [0.717, 1.165) is 24.8 Å². The monoisotopic (exact) mass is 317 g/mol. The zero-order chi connectivity index (χ0) is 16.8. The lowest BCUT2D eigenvalue weighted by molar-refractivity contribution is -0.142. The summed E-state index contributed by atoms with van der Waals surface area (Å²) in [5.41, 5.74) is 0.920. The van der Waals surface area contributed by atoms with Crippen LogP contribution in [0.15, 0.2) is 30.3 Å². The number of hydrogen-bond acceptors (Lipinski definition) is 2. The number of benzene rings is 1. The van der Waals surface area contributed by atoms with Gasteiger partial charge in [-0.3, -0.25) is 4.79 Å². The summed E-state index contributed by atoms with van der Waals surface area (Å²) in [5, 5.41) is 12.2. The van der Waals surface area contributed by atoms with Crippen molar-refractivity contribution in [1.29, 1.82) is 0 Å². The zero-order valence-electron chi connectivity index (χ0n) is 14.0. The molecule has 2 N–H and O–H groups in total. The van der Waals surface area contributed by atoms with Gasteiger partial charge in [0.2, 0.25) is 5.91 Å². The van der Waals surface area contributed by atoms with E-state index in [2.05, 4.69) is 19.2 Å². The van der Waals surface area contributed by atoms with Gasteiger partial charge in [0, 0.05) is 12.3 Å². The fourth-order valence-electron chi connectivity index (χ4n) is 3.41. The summed E-state index contributed by atoms with van der Waals surface area (Å²) in [5.74, 6) is 0.0213. The SMILES string of the molecule is CC(C)[C@H]1CCC[C@H](C(=O)N[C@H](Cc2ccccc2)C(=O)O)C1. The number of carbonyl (C=O) groups excluding carboxylic acids is 1. The Kier molecular flexibility index (Phi) is 6.20. The van der Waals surface area contributed by atoms with Gasteiger partial charge in [-0.2, -0.15) is 0 Å². The molecule has 1 aliphatic carbocycles. The minimum Gasteiger partial charge on any atom is -0.480 e. The molecule has 0 saturated heterocycles. The summed E-state index contributed by atoms with van der Waals surface area (Å²) in [6.45, 7) is 4.39. The Morgan fingerprint density at radius 1 is 1.22 bits per heavy atom. The molecule has 0 unspecified atom stereocenters. The maximum Gasteiger partial charge on any atom is 0.326 e. The fourth-order valence-corrected chi connectivity index (χ4v) is 3.41. The summed E-state index contributed by atoms with van der Waals surface area (Å²) in [4.78, 5) is 24.0. The predicted octanol–water partition coefficient (Wildman–Crippen LogP) is 3.26. The van der Waals surface area contributed by atoms with Crippen LogP contribution in [0.3, 0.4) is 0 Å². The van der Waals surface area contributed by atoms with Crippen LogP contribution in [0.5, 0.6) is 0 Å². The quantitative estimate of drug-likeness (QED) is 0.846. The maximum atomic E-state index is 12.5. The number of hydrogen-bond donors (Lipinski definition) is 2. The van der Waals surface area contributed by atoms with Crippen LogP contribution in [0.4, 0.5) is 0 Å². The highest BCUT2D eigenvalue weighted by Gasteiger charge is 2.31. The summed E-state index contributed by atoms with van der Waals surface area (Å²) in [6, 6.07) is 8.57. The molecule has 0 heterocycles. The molecule has 4 heteroatoms. The van der Waals surface area contributed by atoms with Crippen molar-refractivity contribution in [3.63, 3.8) is 0 Å². The molecule has 3 atom stereocenters. The topological polar surface area (TPSA) is 66.4 Å². The molecule has 4 nitrogen and oxygen atoms in total. The predicted molar refractivity (Wildman–Crippen MR) is 90.0 cm³/mol. The van der Waals surface area contributed by atoms with Crippen molar-refractivity contribution < 1.29 is 14.7 Å². The highest BCUT2D eigenvalue weighted by molar-refractivity contribution is 5.85. The third-order valence-corrected chi connectivity index (χ3v) is 4.93. The van der Waals surface area contributed by atoms with E-state index in [0.29, 0.717) is 18.3 Å².